The molecule has 0 unspecified atom stereocenters. The van der Waals surface area contributed by atoms with Gasteiger partial charge in [0.1, 0.15) is 12.2 Å². The number of aromatic nitrogens is 4. The summed E-state index contributed by atoms with van der Waals surface area (Å²) in [7, 11) is 0. The van der Waals surface area contributed by atoms with Crippen LogP contribution in [0.2, 0.25) is 0 Å². The molecule has 0 N–H and O–H groups in total. The Hall–Kier alpha value is -2.96. The van der Waals surface area contributed by atoms with Gasteiger partial charge < -0.3 is 14.4 Å². The SMILES string of the molecule is O=C(C1CCN(c2ncnc3c2nc2n3CCCCC2)CC1)N1CCc2ccccc2C1. The number of benzene rings is 1. The summed E-state index contributed by atoms with van der Waals surface area (Å²) in [6.07, 6.45) is 9.04. The number of hydrogen-bond donors (Lipinski definition) is 0. The van der Waals surface area contributed by atoms with Gasteiger partial charge in [0.2, 0.25) is 5.91 Å². The van der Waals surface area contributed by atoms with Gasteiger partial charge in [0.05, 0.1) is 0 Å². The molecule has 1 amide bonds. The molecule has 3 aliphatic heterocycles. The van der Waals surface area contributed by atoms with E-state index in [1.807, 2.05) is 0 Å². The van der Waals surface area contributed by atoms with Crippen LogP contribution in [-0.4, -0.2) is 50.0 Å². The van der Waals surface area contributed by atoms with Crippen LogP contribution in [0.4, 0.5) is 5.82 Å². The topological polar surface area (TPSA) is 67.2 Å². The first kappa shape index (κ1) is 19.7. The largest absolute Gasteiger partial charge is 0.355 e. The third-order valence-corrected chi connectivity index (χ3v) is 7.46. The minimum absolute atomic E-state index is 0.104. The van der Waals surface area contributed by atoms with Crippen molar-refractivity contribution >= 4 is 22.9 Å². The van der Waals surface area contributed by atoms with Gasteiger partial charge in [0.15, 0.2) is 17.0 Å². The van der Waals surface area contributed by atoms with Gasteiger partial charge in [-0.05, 0) is 43.2 Å². The van der Waals surface area contributed by atoms with E-state index in [1.165, 1.54) is 30.4 Å². The highest BCUT2D eigenvalue weighted by molar-refractivity contribution is 5.84. The number of hydrogen-bond acceptors (Lipinski definition) is 5. The molecule has 7 nitrogen and oxygen atoms in total. The average molecular weight is 431 g/mol. The summed E-state index contributed by atoms with van der Waals surface area (Å²) in [5.41, 5.74) is 4.59. The molecule has 0 saturated carbocycles. The first-order valence-corrected chi connectivity index (χ1v) is 12.1. The van der Waals surface area contributed by atoms with Gasteiger partial charge >= 0.3 is 0 Å². The van der Waals surface area contributed by atoms with Crippen LogP contribution in [0.3, 0.4) is 0 Å². The first-order valence-electron chi connectivity index (χ1n) is 12.1. The average Bonchev–Trinajstić information content (AvgIpc) is 3.04. The lowest BCUT2D eigenvalue weighted by Crippen LogP contribution is -2.44. The summed E-state index contributed by atoms with van der Waals surface area (Å²) >= 11 is 0. The molecule has 3 aliphatic rings. The predicted molar refractivity (Wildman–Crippen MR) is 123 cm³/mol. The lowest BCUT2D eigenvalue weighted by Gasteiger charge is -2.36. The van der Waals surface area contributed by atoms with E-state index in [0.717, 1.165) is 81.2 Å². The van der Waals surface area contributed by atoms with Gasteiger partial charge in [0, 0.05) is 45.1 Å². The van der Waals surface area contributed by atoms with Gasteiger partial charge in [-0.1, -0.05) is 30.7 Å². The lowest BCUT2D eigenvalue weighted by molar-refractivity contribution is -0.137. The molecule has 5 heterocycles. The van der Waals surface area contributed by atoms with Crippen LogP contribution >= 0.6 is 0 Å². The molecule has 3 aromatic rings. The maximum absolute atomic E-state index is 13.2. The number of fused-ring (bicyclic) bond motifs is 4. The summed E-state index contributed by atoms with van der Waals surface area (Å²) in [6, 6.07) is 8.51. The number of amides is 1. The van der Waals surface area contributed by atoms with Crippen molar-refractivity contribution in [3.05, 3.63) is 47.5 Å². The zero-order valence-electron chi connectivity index (χ0n) is 18.5. The zero-order valence-corrected chi connectivity index (χ0v) is 18.5. The summed E-state index contributed by atoms with van der Waals surface area (Å²) < 4.78 is 2.29. The van der Waals surface area contributed by atoms with Crippen molar-refractivity contribution in [2.45, 2.75) is 58.0 Å². The van der Waals surface area contributed by atoms with Crippen molar-refractivity contribution in [1.82, 2.24) is 24.4 Å². The van der Waals surface area contributed by atoms with E-state index in [-0.39, 0.29) is 5.92 Å². The number of rotatable bonds is 2. The highest BCUT2D eigenvalue weighted by Crippen LogP contribution is 2.30. The molecule has 2 aromatic heterocycles. The minimum Gasteiger partial charge on any atom is -0.355 e. The Balaban J connectivity index is 1.16. The quantitative estimate of drug-likeness (QED) is 0.624. The Morgan fingerprint density at radius 2 is 1.75 bits per heavy atom. The normalized spacial score (nSPS) is 19.5. The molecule has 1 aromatic carbocycles. The first-order chi connectivity index (χ1) is 15.8. The second-order valence-corrected chi connectivity index (χ2v) is 9.40. The standard InChI is InChI=1S/C25H30N6O/c32-25(30-15-9-18-6-3-4-7-20(18)16-30)19-10-13-29(14-11-19)23-22-24(27-17-26-23)31-12-5-1-2-8-21(31)28-22/h3-4,6-7,17,19H,1-2,5,8-16H2. The van der Waals surface area contributed by atoms with Crippen molar-refractivity contribution in [3.63, 3.8) is 0 Å². The molecular weight excluding hydrogens is 400 g/mol. The number of carbonyl (C=O) groups is 1. The van der Waals surface area contributed by atoms with Gasteiger partial charge in [-0.15, -0.1) is 0 Å². The Bertz CT molecular complexity index is 1150. The van der Waals surface area contributed by atoms with Crippen LogP contribution in [0, 0.1) is 5.92 Å². The predicted octanol–water partition coefficient (Wildman–Crippen LogP) is 3.35. The van der Waals surface area contributed by atoms with Crippen LogP contribution in [-0.2, 0) is 30.7 Å². The van der Waals surface area contributed by atoms with E-state index >= 15 is 0 Å². The third kappa shape index (κ3) is 3.44. The number of aryl methyl sites for hydroxylation is 2. The summed E-state index contributed by atoms with van der Waals surface area (Å²) in [4.78, 5) is 31.8. The van der Waals surface area contributed by atoms with Gasteiger partial charge in [-0.3, -0.25) is 4.79 Å². The van der Waals surface area contributed by atoms with Crippen molar-refractivity contribution in [3.8, 4) is 0 Å². The number of nitrogens with zero attached hydrogens (tertiary/aromatic N) is 6. The third-order valence-electron chi connectivity index (χ3n) is 7.46. The minimum atomic E-state index is 0.104. The molecule has 1 fully saturated rings. The fraction of sp³-hybridized carbons (Fsp3) is 0.520. The highest BCUT2D eigenvalue weighted by Gasteiger charge is 2.31. The van der Waals surface area contributed by atoms with Gasteiger partial charge in [-0.25, -0.2) is 15.0 Å². The molecule has 0 aliphatic carbocycles. The molecule has 6 rings (SSSR count). The van der Waals surface area contributed by atoms with Gasteiger partial charge in [-0.2, -0.15) is 0 Å². The molecular formula is C25H30N6O. The van der Waals surface area contributed by atoms with Gasteiger partial charge in [0.25, 0.3) is 0 Å². The number of imidazole rings is 1. The maximum atomic E-state index is 13.2. The second-order valence-electron chi connectivity index (χ2n) is 9.40. The molecule has 166 valence electrons. The zero-order chi connectivity index (χ0) is 21.5. The lowest BCUT2D eigenvalue weighted by atomic mass is 9.93. The molecule has 0 atom stereocenters. The smallest absolute Gasteiger partial charge is 0.226 e. The Morgan fingerprint density at radius 3 is 2.62 bits per heavy atom. The Morgan fingerprint density at radius 1 is 0.906 bits per heavy atom. The molecule has 0 spiro atoms. The number of piperidine rings is 1. The van der Waals surface area contributed by atoms with Crippen LogP contribution in [0.15, 0.2) is 30.6 Å². The fourth-order valence-electron chi connectivity index (χ4n) is 5.64. The molecule has 0 bridgehead atoms. The van der Waals surface area contributed by atoms with E-state index < -0.39 is 0 Å². The second kappa shape index (κ2) is 8.19. The van der Waals surface area contributed by atoms with Crippen LogP contribution in [0.5, 0.6) is 0 Å². The monoisotopic (exact) mass is 430 g/mol. The van der Waals surface area contributed by atoms with E-state index in [0.29, 0.717) is 5.91 Å². The van der Waals surface area contributed by atoms with E-state index in [9.17, 15) is 4.79 Å². The molecule has 7 heteroatoms. The maximum Gasteiger partial charge on any atom is 0.226 e. The highest BCUT2D eigenvalue weighted by atomic mass is 16.2. The van der Waals surface area contributed by atoms with Crippen LogP contribution in [0.1, 0.15) is 49.1 Å². The van der Waals surface area contributed by atoms with Crippen molar-refractivity contribution in [2.75, 3.05) is 24.5 Å². The number of anilines is 1. The van der Waals surface area contributed by atoms with Crippen LogP contribution in [0.25, 0.3) is 11.2 Å². The van der Waals surface area contributed by atoms with Crippen molar-refractivity contribution in [1.29, 1.82) is 0 Å². The molecule has 1 saturated heterocycles. The van der Waals surface area contributed by atoms with E-state index in [1.54, 1.807) is 6.33 Å². The van der Waals surface area contributed by atoms with E-state index in [2.05, 4.69) is 48.6 Å². The summed E-state index contributed by atoms with van der Waals surface area (Å²) in [5.74, 6) is 2.51. The number of carbonyl (C=O) groups excluding carboxylic acids is 1. The fourth-order valence-corrected chi connectivity index (χ4v) is 5.64. The van der Waals surface area contributed by atoms with E-state index in [4.69, 9.17) is 4.98 Å². The summed E-state index contributed by atoms with van der Waals surface area (Å²) in [6.45, 7) is 4.27. The molecule has 32 heavy (non-hydrogen) atoms. The Labute approximate surface area is 188 Å². The Kier molecular flexibility index (Phi) is 5.04. The summed E-state index contributed by atoms with van der Waals surface area (Å²) in [5, 5.41) is 0. The molecule has 0 radical (unpaired) electrons. The van der Waals surface area contributed by atoms with Crippen molar-refractivity contribution < 1.29 is 4.79 Å². The van der Waals surface area contributed by atoms with Crippen molar-refractivity contribution in [2.24, 2.45) is 5.92 Å². The van der Waals surface area contributed by atoms with Crippen LogP contribution < -0.4 is 4.90 Å².